The first-order valence-electron chi connectivity index (χ1n) is 7.17. The third-order valence-corrected chi connectivity index (χ3v) is 4.71. The summed E-state index contributed by atoms with van der Waals surface area (Å²) in [6.07, 6.45) is 1.30. The highest BCUT2D eigenvalue weighted by molar-refractivity contribution is 7.10. The van der Waals surface area contributed by atoms with Gasteiger partial charge in [-0.3, -0.25) is 0 Å². The van der Waals surface area contributed by atoms with Crippen molar-refractivity contribution >= 4 is 17.0 Å². The topological polar surface area (TPSA) is 34.2 Å². The lowest BCUT2D eigenvalue weighted by molar-refractivity contribution is 0.202. The summed E-state index contributed by atoms with van der Waals surface area (Å²) in [5.41, 5.74) is 3.28. The van der Waals surface area contributed by atoms with E-state index in [-0.39, 0.29) is 6.10 Å². The normalized spacial score (nSPS) is 17.5. The first-order valence-corrected chi connectivity index (χ1v) is 8.05. The Labute approximate surface area is 124 Å². The Bertz CT molecular complexity index is 606. The van der Waals surface area contributed by atoms with Gasteiger partial charge in [-0.2, -0.15) is 0 Å². The van der Waals surface area contributed by atoms with Crippen molar-refractivity contribution in [2.24, 2.45) is 0 Å². The fourth-order valence-corrected chi connectivity index (χ4v) is 3.13. The van der Waals surface area contributed by atoms with Crippen molar-refractivity contribution in [1.29, 1.82) is 0 Å². The van der Waals surface area contributed by atoms with Crippen LogP contribution in [0.1, 0.15) is 38.1 Å². The van der Waals surface area contributed by atoms with E-state index < -0.39 is 0 Å². The van der Waals surface area contributed by atoms with E-state index in [9.17, 15) is 0 Å². The summed E-state index contributed by atoms with van der Waals surface area (Å²) in [4.78, 5) is 4.71. The van der Waals surface area contributed by atoms with E-state index in [0.717, 1.165) is 35.7 Å². The van der Waals surface area contributed by atoms with Gasteiger partial charge < -0.3 is 10.1 Å². The van der Waals surface area contributed by atoms with Gasteiger partial charge in [0.25, 0.3) is 0 Å². The molecule has 2 heterocycles. The number of anilines is 1. The summed E-state index contributed by atoms with van der Waals surface area (Å²) < 4.78 is 5.94. The molecule has 1 atom stereocenters. The van der Waals surface area contributed by atoms with Gasteiger partial charge in [0.2, 0.25) is 0 Å². The molecular weight excluding hydrogens is 268 g/mol. The van der Waals surface area contributed by atoms with E-state index >= 15 is 0 Å². The van der Waals surface area contributed by atoms with Gasteiger partial charge in [0.1, 0.15) is 11.9 Å². The van der Waals surface area contributed by atoms with Crippen LogP contribution in [-0.2, 0) is 0 Å². The summed E-state index contributed by atoms with van der Waals surface area (Å²) in [6.45, 7) is 7.38. The van der Waals surface area contributed by atoms with Crippen LogP contribution in [0.15, 0.2) is 23.6 Å². The van der Waals surface area contributed by atoms with E-state index in [1.165, 1.54) is 5.01 Å². The highest BCUT2D eigenvalue weighted by Gasteiger charge is 2.18. The van der Waals surface area contributed by atoms with Crippen LogP contribution >= 0.6 is 11.3 Å². The molecule has 0 radical (unpaired) electrons. The van der Waals surface area contributed by atoms with E-state index in [0.29, 0.717) is 5.92 Å². The minimum atomic E-state index is 0.278. The number of hydrogen-bond donors (Lipinski definition) is 1. The SMILES string of the molecule is CCC1CNc2cc(-c3csc(C(C)C)n3)ccc2O1. The highest BCUT2D eigenvalue weighted by Crippen LogP contribution is 2.35. The van der Waals surface area contributed by atoms with Crippen LogP contribution < -0.4 is 10.1 Å². The molecule has 106 valence electrons. The number of benzene rings is 1. The maximum Gasteiger partial charge on any atom is 0.142 e. The molecule has 1 unspecified atom stereocenters. The molecule has 2 aromatic rings. The van der Waals surface area contributed by atoms with Gasteiger partial charge in [0, 0.05) is 16.9 Å². The first-order chi connectivity index (χ1) is 9.67. The summed E-state index contributed by atoms with van der Waals surface area (Å²) in [7, 11) is 0. The first kappa shape index (κ1) is 13.4. The quantitative estimate of drug-likeness (QED) is 0.902. The summed E-state index contributed by atoms with van der Waals surface area (Å²) in [6, 6.07) is 6.28. The number of aromatic nitrogens is 1. The Hall–Kier alpha value is -1.55. The van der Waals surface area contributed by atoms with Crippen LogP contribution in [0.4, 0.5) is 5.69 Å². The molecule has 0 aliphatic carbocycles. The van der Waals surface area contributed by atoms with Gasteiger partial charge in [-0.25, -0.2) is 4.98 Å². The van der Waals surface area contributed by atoms with Crippen molar-refractivity contribution < 1.29 is 4.74 Å². The summed E-state index contributed by atoms with van der Waals surface area (Å²) >= 11 is 1.73. The van der Waals surface area contributed by atoms with Crippen LogP contribution in [-0.4, -0.2) is 17.6 Å². The zero-order valence-corrected chi connectivity index (χ0v) is 13.0. The average molecular weight is 288 g/mol. The molecule has 1 aromatic heterocycles. The van der Waals surface area contributed by atoms with Gasteiger partial charge in [-0.15, -0.1) is 11.3 Å². The Morgan fingerprint density at radius 2 is 2.30 bits per heavy atom. The fraction of sp³-hybridized carbons (Fsp3) is 0.438. The molecule has 3 nitrogen and oxygen atoms in total. The molecule has 1 aromatic carbocycles. The van der Waals surface area contributed by atoms with Crippen LogP contribution in [0.2, 0.25) is 0 Å². The van der Waals surface area contributed by atoms with Crippen molar-refractivity contribution in [2.75, 3.05) is 11.9 Å². The second-order valence-corrected chi connectivity index (χ2v) is 6.36. The molecule has 3 rings (SSSR count). The maximum atomic E-state index is 5.94. The maximum absolute atomic E-state index is 5.94. The number of fused-ring (bicyclic) bond motifs is 1. The van der Waals surface area contributed by atoms with Gasteiger partial charge in [-0.05, 0) is 24.6 Å². The zero-order valence-electron chi connectivity index (χ0n) is 12.1. The number of ether oxygens (including phenoxy) is 1. The third kappa shape index (κ3) is 2.52. The highest BCUT2D eigenvalue weighted by atomic mass is 32.1. The van der Waals surface area contributed by atoms with Gasteiger partial charge in [0.05, 0.1) is 22.9 Å². The molecular formula is C16H20N2OS. The molecule has 0 saturated heterocycles. The van der Waals surface area contributed by atoms with Crippen molar-refractivity contribution in [2.45, 2.75) is 39.2 Å². The zero-order chi connectivity index (χ0) is 14.1. The molecule has 1 N–H and O–H groups in total. The van der Waals surface area contributed by atoms with Crippen LogP contribution in [0.25, 0.3) is 11.3 Å². The van der Waals surface area contributed by atoms with Gasteiger partial charge >= 0.3 is 0 Å². The van der Waals surface area contributed by atoms with Crippen molar-refractivity contribution in [3.8, 4) is 17.0 Å². The van der Waals surface area contributed by atoms with Crippen molar-refractivity contribution in [1.82, 2.24) is 4.98 Å². The number of nitrogens with one attached hydrogen (secondary N) is 1. The Kier molecular flexibility index (Phi) is 3.66. The molecule has 0 spiro atoms. The Balaban J connectivity index is 1.88. The number of thiazole rings is 1. The number of hydrogen-bond acceptors (Lipinski definition) is 4. The predicted octanol–water partition coefficient (Wildman–Crippen LogP) is 4.52. The molecule has 1 aliphatic rings. The van der Waals surface area contributed by atoms with E-state index in [1.54, 1.807) is 11.3 Å². The minimum Gasteiger partial charge on any atom is -0.486 e. The van der Waals surface area contributed by atoms with Crippen LogP contribution in [0.5, 0.6) is 5.75 Å². The molecule has 0 fully saturated rings. The third-order valence-electron chi connectivity index (χ3n) is 3.56. The lowest BCUT2D eigenvalue weighted by Gasteiger charge is -2.26. The van der Waals surface area contributed by atoms with Crippen LogP contribution in [0.3, 0.4) is 0 Å². The van der Waals surface area contributed by atoms with E-state index in [4.69, 9.17) is 9.72 Å². The molecule has 0 amide bonds. The van der Waals surface area contributed by atoms with E-state index in [2.05, 4.69) is 43.6 Å². The second kappa shape index (κ2) is 5.44. The number of nitrogens with zero attached hydrogens (tertiary/aromatic N) is 1. The number of rotatable bonds is 3. The van der Waals surface area contributed by atoms with Crippen LogP contribution in [0, 0.1) is 0 Å². The predicted molar refractivity (Wildman–Crippen MR) is 84.8 cm³/mol. The molecule has 0 saturated carbocycles. The largest absolute Gasteiger partial charge is 0.486 e. The Morgan fingerprint density at radius 3 is 3.00 bits per heavy atom. The molecule has 1 aliphatic heterocycles. The lowest BCUT2D eigenvalue weighted by Crippen LogP contribution is -2.29. The minimum absolute atomic E-state index is 0.278. The fourth-order valence-electron chi connectivity index (χ4n) is 2.29. The monoisotopic (exact) mass is 288 g/mol. The molecule has 4 heteroatoms. The average Bonchev–Trinajstić information content (AvgIpc) is 2.96. The molecule has 0 bridgehead atoms. The van der Waals surface area contributed by atoms with Crippen molar-refractivity contribution in [3.05, 3.63) is 28.6 Å². The van der Waals surface area contributed by atoms with Gasteiger partial charge in [-0.1, -0.05) is 20.8 Å². The second-order valence-electron chi connectivity index (χ2n) is 5.47. The standard InChI is InChI=1S/C16H20N2OS/c1-4-12-8-17-13-7-11(5-6-15(13)19-12)14-9-20-16(18-14)10(2)3/h5-7,9-10,12,17H,4,8H2,1-3H3. The van der Waals surface area contributed by atoms with E-state index in [1.807, 2.05) is 6.07 Å². The molecule has 20 heavy (non-hydrogen) atoms. The summed E-state index contributed by atoms with van der Waals surface area (Å²) in [5.74, 6) is 1.43. The Morgan fingerprint density at radius 1 is 1.45 bits per heavy atom. The van der Waals surface area contributed by atoms with Crippen molar-refractivity contribution in [3.63, 3.8) is 0 Å². The summed E-state index contributed by atoms with van der Waals surface area (Å²) in [5, 5.41) is 6.78. The van der Waals surface area contributed by atoms with Gasteiger partial charge in [0.15, 0.2) is 0 Å². The smallest absolute Gasteiger partial charge is 0.142 e. The lowest BCUT2D eigenvalue weighted by atomic mass is 10.1.